The predicted molar refractivity (Wildman–Crippen MR) is 85.7 cm³/mol. The molecule has 1 aromatic carbocycles. The van der Waals surface area contributed by atoms with Gasteiger partial charge in [-0.2, -0.15) is 0 Å². The molecule has 0 unspecified atom stereocenters. The highest BCUT2D eigenvalue weighted by atomic mass is 79.9. The monoisotopic (exact) mass is 367 g/mol. The molecule has 116 valence electrons. The number of benzene rings is 1. The van der Waals surface area contributed by atoms with Gasteiger partial charge in [-0.15, -0.1) is 0 Å². The van der Waals surface area contributed by atoms with Gasteiger partial charge in [0.1, 0.15) is 0 Å². The average Bonchev–Trinajstić information content (AvgIpc) is 2.83. The SMILES string of the molecule is Cn1cnc([N+](=O)[O-])c1NCCC(=O)Nc1ccc(Br)cc1. The van der Waals surface area contributed by atoms with Gasteiger partial charge in [-0.1, -0.05) is 15.9 Å². The van der Waals surface area contributed by atoms with E-state index in [9.17, 15) is 14.9 Å². The number of imidazole rings is 1. The quantitative estimate of drug-likeness (QED) is 0.603. The molecular formula is C13H14BrN5O3. The second-order valence-corrected chi connectivity index (χ2v) is 5.43. The van der Waals surface area contributed by atoms with Gasteiger partial charge >= 0.3 is 5.82 Å². The van der Waals surface area contributed by atoms with Crippen molar-refractivity contribution in [2.24, 2.45) is 7.05 Å². The van der Waals surface area contributed by atoms with Gasteiger partial charge in [0.15, 0.2) is 0 Å². The molecule has 0 saturated heterocycles. The number of amides is 1. The lowest BCUT2D eigenvalue weighted by Gasteiger charge is -2.07. The fraction of sp³-hybridized carbons (Fsp3) is 0.231. The number of halogens is 1. The molecule has 0 aliphatic carbocycles. The number of nitrogens with one attached hydrogen (secondary N) is 2. The van der Waals surface area contributed by atoms with Crippen LogP contribution >= 0.6 is 15.9 Å². The summed E-state index contributed by atoms with van der Waals surface area (Å²) in [7, 11) is 1.64. The zero-order valence-electron chi connectivity index (χ0n) is 11.7. The molecule has 22 heavy (non-hydrogen) atoms. The molecule has 2 N–H and O–H groups in total. The van der Waals surface area contributed by atoms with Crippen LogP contribution in [0.4, 0.5) is 17.3 Å². The molecular weight excluding hydrogens is 354 g/mol. The Morgan fingerprint density at radius 1 is 1.41 bits per heavy atom. The second-order valence-electron chi connectivity index (χ2n) is 4.52. The normalized spacial score (nSPS) is 10.3. The van der Waals surface area contributed by atoms with E-state index in [1.165, 1.54) is 10.9 Å². The van der Waals surface area contributed by atoms with Gasteiger partial charge < -0.3 is 20.7 Å². The number of aromatic nitrogens is 2. The number of nitrogens with zero attached hydrogens (tertiary/aromatic N) is 3. The maximum absolute atomic E-state index is 11.8. The number of nitro groups is 1. The summed E-state index contributed by atoms with van der Waals surface area (Å²) in [6, 6.07) is 7.21. The van der Waals surface area contributed by atoms with Crippen LogP contribution in [0.3, 0.4) is 0 Å². The van der Waals surface area contributed by atoms with Crippen molar-refractivity contribution in [2.45, 2.75) is 6.42 Å². The van der Waals surface area contributed by atoms with Crippen LogP contribution in [0.25, 0.3) is 0 Å². The third-order valence-corrected chi connectivity index (χ3v) is 3.39. The number of rotatable bonds is 6. The number of carbonyl (C=O) groups excluding carboxylic acids is 1. The van der Waals surface area contributed by atoms with Crippen LogP contribution in [-0.4, -0.2) is 26.9 Å². The standard InChI is InChI=1S/C13H14BrN5O3/c1-18-8-16-13(19(21)22)12(18)15-7-6-11(20)17-10-4-2-9(14)3-5-10/h2-5,8,15H,6-7H2,1H3,(H,17,20). The Kier molecular flexibility index (Phi) is 5.10. The van der Waals surface area contributed by atoms with Crippen molar-refractivity contribution >= 4 is 39.2 Å². The van der Waals surface area contributed by atoms with Crippen molar-refractivity contribution in [1.29, 1.82) is 0 Å². The molecule has 0 aliphatic rings. The average molecular weight is 368 g/mol. The summed E-state index contributed by atoms with van der Waals surface area (Å²) in [6.07, 6.45) is 1.53. The minimum Gasteiger partial charge on any atom is -0.364 e. The van der Waals surface area contributed by atoms with E-state index < -0.39 is 4.92 Å². The molecule has 0 fully saturated rings. The summed E-state index contributed by atoms with van der Waals surface area (Å²) in [4.78, 5) is 25.7. The highest BCUT2D eigenvalue weighted by Gasteiger charge is 2.19. The van der Waals surface area contributed by atoms with Crippen molar-refractivity contribution in [3.8, 4) is 0 Å². The Balaban J connectivity index is 1.86. The van der Waals surface area contributed by atoms with Gasteiger partial charge in [-0.05, 0) is 34.2 Å². The molecule has 9 heteroatoms. The summed E-state index contributed by atoms with van der Waals surface area (Å²) >= 11 is 3.31. The number of carbonyl (C=O) groups is 1. The van der Waals surface area contributed by atoms with Gasteiger partial charge in [-0.25, -0.2) is 0 Å². The maximum atomic E-state index is 11.8. The van der Waals surface area contributed by atoms with E-state index in [0.29, 0.717) is 5.69 Å². The number of anilines is 2. The number of aryl methyl sites for hydroxylation is 1. The molecule has 0 spiro atoms. The van der Waals surface area contributed by atoms with Crippen molar-refractivity contribution < 1.29 is 9.72 Å². The minimum atomic E-state index is -0.565. The van der Waals surface area contributed by atoms with Gasteiger partial charge in [0.25, 0.3) is 0 Å². The van der Waals surface area contributed by atoms with Crippen molar-refractivity contribution in [1.82, 2.24) is 9.55 Å². The molecule has 1 heterocycles. The number of hydrogen-bond acceptors (Lipinski definition) is 5. The van der Waals surface area contributed by atoms with Gasteiger partial charge in [-0.3, -0.25) is 9.36 Å². The van der Waals surface area contributed by atoms with Crippen molar-refractivity contribution in [3.05, 3.63) is 45.2 Å². The molecule has 8 nitrogen and oxygen atoms in total. The first-order valence-corrected chi connectivity index (χ1v) is 7.21. The summed E-state index contributed by atoms with van der Waals surface area (Å²) in [5.41, 5.74) is 0.694. The predicted octanol–water partition coefficient (Wildman–Crippen LogP) is 2.53. The lowest BCUT2D eigenvalue weighted by Crippen LogP contribution is -2.17. The molecule has 2 aromatic rings. The van der Waals surface area contributed by atoms with E-state index in [2.05, 4.69) is 31.5 Å². The molecule has 1 aromatic heterocycles. The fourth-order valence-corrected chi connectivity index (χ4v) is 2.07. The smallest absolute Gasteiger partial charge is 0.364 e. The summed E-state index contributed by atoms with van der Waals surface area (Å²) in [5, 5.41) is 16.4. The van der Waals surface area contributed by atoms with Crippen LogP contribution in [0.5, 0.6) is 0 Å². The van der Waals surface area contributed by atoms with E-state index >= 15 is 0 Å². The van der Waals surface area contributed by atoms with Gasteiger partial charge in [0.05, 0.1) is 0 Å². The first-order chi connectivity index (χ1) is 10.5. The fourth-order valence-electron chi connectivity index (χ4n) is 1.81. The van der Waals surface area contributed by atoms with E-state index in [1.807, 2.05) is 12.1 Å². The highest BCUT2D eigenvalue weighted by molar-refractivity contribution is 9.10. The largest absolute Gasteiger partial charge is 0.406 e. The van der Waals surface area contributed by atoms with E-state index in [-0.39, 0.29) is 30.5 Å². The minimum absolute atomic E-state index is 0.179. The van der Waals surface area contributed by atoms with Crippen LogP contribution in [0, 0.1) is 10.1 Å². The Hall–Kier alpha value is -2.42. The third-order valence-electron chi connectivity index (χ3n) is 2.86. The summed E-state index contributed by atoms with van der Waals surface area (Å²) < 4.78 is 2.43. The number of hydrogen-bond donors (Lipinski definition) is 2. The van der Waals surface area contributed by atoms with Crippen LogP contribution in [0.2, 0.25) is 0 Å². The Morgan fingerprint density at radius 3 is 2.73 bits per heavy atom. The molecule has 0 radical (unpaired) electrons. The zero-order valence-corrected chi connectivity index (χ0v) is 13.3. The Labute approximate surface area is 134 Å². The van der Waals surface area contributed by atoms with Crippen molar-refractivity contribution in [2.75, 3.05) is 17.2 Å². The van der Waals surface area contributed by atoms with Crippen LogP contribution in [0.15, 0.2) is 35.1 Å². The maximum Gasteiger partial charge on any atom is 0.406 e. The first kappa shape index (κ1) is 16.0. The van der Waals surface area contributed by atoms with E-state index in [0.717, 1.165) is 4.47 Å². The lowest BCUT2D eigenvalue weighted by molar-refractivity contribution is -0.388. The molecule has 1 amide bonds. The molecule has 0 aliphatic heterocycles. The van der Waals surface area contributed by atoms with E-state index in [1.54, 1.807) is 19.2 Å². The summed E-state index contributed by atoms with van der Waals surface area (Å²) in [6.45, 7) is 0.267. The van der Waals surface area contributed by atoms with E-state index in [4.69, 9.17) is 0 Å². The topological polar surface area (TPSA) is 102 Å². The first-order valence-electron chi connectivity index (χ1n) is 6.42. The highest BCUT2D eigenvalue weighted by Crippen LogP contribution is 2.20. The molecule has 0 bridgehead atoms. The molecule has 0 atom stereocenters. The third kappa shape index (κ3) is 4.04. The zero-order chi connectivity index (χ0) is 16.1. The summed E-state index contributed by atoms with van der Waals surface area (Å²) in [5.74, 6) is -0.156. The molecule has 0 saturated carbocycles. The van der Waals surface area contributed by atoms with Crippen molar-refractivity contribution in [3.63, 3.8) is 0 Å². The molecule has 2 rings (SSSR count). The Morgan fingerprint density at radius 2 is 2.09 bits per heavy atom. The van der Waals surface area contributed by atoms with Gasteiger partial charge in [0.2, 0.25) is 18.1 Å². The van der Waals surface area contributed by atoms with Crippen LogP contribution in [0.1, 0.15) is 6.42 Å². The van der Waals surface area contributed by atoms with Crippen LogP contribution < -0.4 is 10.6 Å². The lowest BCUT2D eigenvalue weighted by atomic mass is 10.3. The van der Waals surface area contributed by atoms with Gasteiger partial charge in [0, 0.05) is 30.2 Å². The second kappa shape index (κ2) is 7.03. The van der Waals surface area contributed by atoms with Crippen LogP contribution in [-0.2, 0) is 11.8 Å². The Bertz CT molecular complexity index is 683.